The Morgan fingerprint density at radius 1 is 0.889 bits per heavy atom. The molecule has 146 valence electrons. The van der Waals surface area contributed by atoms with Crippen LogP contribution in [0.3, 0.4) is 0 Å². The monoisotopic (exact) mass is 380 g/mol. The van der Waals surface area contributed by atoms with Crippen molar-refractivity contribution in [1.29, 1.82) is 0 Å². The molecule has 1 nitrogen and oxygen atoms in total. The number of hydrogen-bond donors (Lipinski definition) is 0. The number of rotatable bonds is 9. The molecule has 0 aromatic heterocycles. The highest BCUT2D eigenvalue weighted by atomic mass is 28.4. The van der Waals surface area contributed by atoms with E-state index in [0.29, 0.717) is 5.92 Å². The molecular formula is C25H36OSi. The summed E-state index contributed by atoms with van der Waals surface area (Å²) in [6.45, 7) is 12.4. The second kappa shape index (κ2) is 10.1. The van der Waals surface area contributed by atoms with Gasteiger partial charge in [-0.15, -0.1) is 0 Å². The summed E-state index contributed by atoms with van der Waals surface area (Å²) in [5.74, 6) is 0.428. The first kappa shape index (κ1) is 21.7. The molecule has 0 spiro atoms. The highest BCUT2D eigenvalue weighted by Gasteiger charge is 2.37. The summed E-state index contributed by atoms with van der Waals surface area (Å²) in [4.78, 5) is 0. The second-order valence-corrected chi connectivity index (χ2v) is 13.8. The fourth-order valence-electron chi connectivity index (χ4n) is 2.81. The molecule has 0 amide bonds. The van der Waals surface area contributed by atoms with Gasteiger partial charge in [-0.2, -0.15) is 0 Å². The van der Waals surface area contributed by atoms with E-state index in [1.54, 1.807) is 0 Å². The van der Waals surface area contributed by atoms with Gasteiger partial charge < -0.3 is 4.43 Å². The maximum atomic E-state index is 6.53. The van der Waals surface area contributed by atoms with Crippen LogP contribution in [-0.2, 0) is 17.3 Å². The maximum absolute atomic E-state index is 6.53. The van der Waals surface area contributed by atoms with Gasteiger partial charge in [-0.1, -0.05) is 93.6 Å². The predicted molar refractivity (Wildman–Crippen MR) is 121 cm³/mol. The standard InChI is InChI=1S/C25H36OSi/c1-25(2,3)27(4,5)26-21-24(20-23-17-10-7-11-18-23)19-13-12-16-22-14-8-6-9-15-22/h6-11,13-15,17-19,24H,12,16,20-21H2,1-5H3/b19-13+. The van der Waals surface area contributed by atoms with Crippen molar-refractivity contribution >= 4 is 8.32 Å². The lowest BCUT2D eigenvalue weighted by molar-refractivity contribution is 0.250. The van der Waals surface area contributed by atoms with Crippen LogP contribution in [0.4, 0.5) is 0 Å². The number of benzene rings is 2. The van der Waals surface area contributed by atoms with Crippen molar-refractivity contribution in [2.24, 2.45) is 5.92 Å². The Morgan fingerprint density at radius 2 is 1.44 bits per heavy atom. The summed E-state index contributed by atoms with van der Waals surface area (Å²) >= 11 is 0. The molecule has 2 aromatic carbocycles. The number of hydrogen-bond acceptors (Lipinski definition) is 1. The lowest BCUT2D eigenvalue weighted by Crippen LogP contribution is -2.42. The third-order valence-corrected chi connectivity index (χ3v) is 10.2. The molecular weight excluding hydrogens is 344 g/mol. The third kappa shape index (κ3) is 7.47. The fourth-order valence-corrected chi connectivity index (χ4v) is 3.88. The Kier molecular flexibility index (Phi) is 8.06. The topological polar surface area (TPSA) is 9.23 Å². The van der Waals surface area contributed by atoms with Crippen molar-refractivity contribution < 1.29 is 4.43 Å². The molecule has 0 aliphatic heterocycles. The van der Waals surface area contributed by atoms with Gasteiger partial charge in [0.2, 0.25) is 0 Å². The molecule has 1 unspecified atom stereocenters. The van der Waals surface area contributed by atoms with Crippen LogP contribution in [0.15, 0.2) is 72.8 Å². The van der Waals surface area contributed by atoms with E-state index in [1.165, 1.54) is 11.1 Å². The second-order valence-electron chi connectivity index (χ2n) is 8.97. The smallest absolute Gasteiger partial charge is 0.192 e. The first-order chi connectivity index (χ1) is 12.8. The Bertz CT molecular complexity index is 683. The molecule has 27 heavy (non-hydrogen) atoms. The fraction of sp³-hybridized carbons (Fsp3) is 0.440. The van der Waals surface area contributed by atoms with Crippen molar-refractivity contribution in [2.45, 2.75) is 58.2 Å². The minimum Gasteiger partial charge on any atom is -0.416 e. The van der Waals surface area contributed by atoms with Gasteiger partial charge in [0.05, 0.1) is 0 Å². The van der Waals surface area contributed by atoms with E-state index in [9.17, 15) is 0 Å². The van der Waals surface area contributed by atoms with Crippen LogP contribution < -0.4 is 0 Å². The van der Waals surface area contributed by atoms with Crippen LogP contribution in [0.5, 0.6) is 0 Å². The largest absolute Gasteiger partial charge is 0.416 e. The van der Waals surface area contributed by atoms with Gasteiger partial charge >= 0.3 is 0 Å². The molecule has 0 fully saturated rings. The Labute approximate surface area is 167 Å². The summed E-state index contributed by atoms with van der Waals surface area (Å²) in [5, 5.41) is 0.251. The van der Waals surface area contributed by atoms with Gasteiger partial charge in [-0.25, -0.2) is 0 Å². The summed E-state index contributed by atoms with van der Waals surface area (Å²) in [5.41, 5.74) is 2.79. The first-order valence-corrected chi connectivity index (χ1v) is 13.1. The molecule has 0 radical (unpaired) electrons. The number of aryl methyl sites for hydroxylation is 1. The van der Waals surface area contributed by atoms with Crippen molar-refractivity contribution in [3.05, 3.63) is 83.9 Å². The van der Waals surface area contributed by atoms with Crippen molar-refractivity contribution in [1.82, 2.24) is 0 Å². The van der Waals surface area contributed by atoms with Crippen LogP contribution in [0.25, 0.3) is 0 Å². The minimum absolute atomic E-state index is 0.251. The average Bonchev–Trinajstić information content (AvgIpc) is 2.64. The minimum atomic E-state index is -1.72. The molecule has 2 heteroatoms. The lowest BCUT2D eigenvalue weighted by atomic mass is 9.99. The van der Waals surface area contributed by atoms with E-state index in [4.69, 9.17) is 4.43 Å². The molecule has 0 aliphatic carbocycles. The van der Waals surface area contributed by atoms with Gasteiger partial charge in [0.1, 0.15) is 0 Å². The van der Waals surface area contributed by atoms with Crippen molar-refractivity contribution in [3.8, 4) is 0 Å². The van der Waals surface area contributed by atoms with E-state index in [2.05, 4.69) is 107 Å². The van der Waals surface area contributed by atoms with Crippen LogP contribution >= 0.6 is 0 Å². The SMILES string of the molecule is CC(C)(C)[Si](C)(C)OCC(/C=C/CCc1ccccc1)Cc1ccccc1. The molecule has 0 saturated carbocycles. The van der Waals surface area contributed by atoms with Gasteiger partial charge in [0.25, 0.3) is 0 Å². The van der Waals surface area contributed by atoms with E-state index in [1.807, 2.05) is 0 Å². The molecule has 0 aliphatic rings. The normalized spacial score (nSPS) is 13.8. The van der Waals surface area contributed by atoms with Gasteiger partial charge in [0.15, 0.2) is 8.32 Å². The van der Waals surface area contributed by atoms with Crippen molar-refractivity contribution in [3.63, 3.8) is 0 Å². The van der Waals surface area contributed by atoms with Crippen molar-refractivity contribution in [2.75, 3.05) is 6.61 Å². The molecule has 0 heterocycles. The third-order valence-electron chi connectivity index (χ3n) is 5.66. The van der Waals surface area contributed by atoms with Gasteiger partial charge in [-0.3, -0.25) is 0 Å². The predicted octanol–water partition coefficient (Wildman–Crippen LogP) is 7.06. The van der Waals surface area contributed by atoms with E-state index in [-0.39, 0.29) is 5.04 Å². The molecule has 0 saturated heterocycles. The molecule has 0 N–H and O–H groups in total. The molecule has 0 bridgehead atoms. The van der Waals surface area contributed by atoms with Crippen LogP contribution in [-0.4, -0.2) is 14.9 Å². The summed E-state index contributed by atoms with van der Waals surface area (Å²) in [6.07, 6.45) is 7.93. The molecule has 2 rings (SSSR count). The zero-order valence-corrected chi connectivity index (χ0v) is 18.7. The highest BCUT2D eigenvalue weighted by molar-refractivity contribution is 6.74. The zero-order valence-electron chi connectivity index (χ0n) is 17.7. The van der Waals surface area contributed by atoms with Crippen LogP contribution in [0.1, 0.15) is 38.3 Å². The first-order valence-electron chi connectivity index (χ1n) is 10.2. The maximum Gasteiger partial charge on any atom is 0.192 e. The summed E-state index contributed by atoms with van der Waals surface area (Å²) in [6, 6.07) is 21.5. The van der Waals surface area contributed by atoms with E-state index < -0.39 is 8.32 Å². The Balaban J connectivity index is 1.97. The summed E-state index contributed by atoms with van der Waals surface area (Å²) in [7, 11) is -1.72. The Morgan fingerprint density at radius 3 is 2.00 bits per heavy atom. The number of allylic oxidation sites excluding steroid dienone is 1. The molecule has 1 atom stereocenters. The average molecular weight is 381 g/mol. The molecule has 2 aromatic rings. The van der Waals surface area contributed by atoms with E-state index >= 15 is 0 Å². The van der Waals surface area contributed by atoms with Gasteiger partial charge in [0, 0.05) is 12.5 Å². The quantitative estimate of drug-likeness (QED) is 0.334. The van der Waals surface area contributed by atoms with E-state index in [0.717, 1.165) is 25.9 Å². The van der Waals surface area contributed by atoms with Crippen LogP contribution in [0.2, 0.25) is 18.1 Å². The summed E-state index contributed by atoms with van der Waals surface area (Å²) < 4.78 is 6.53. The highest BCUT2D eigenvalue weighted by Crippen LogP contribution is 2.37. The Hall–Kier alpha value is -1.64. The van der Waals surface area contributed by atoms with Crippen LogP contribution in [0, 0.1) is 5.92 Å². The zero-order chi connectivity index (χ0) is 19.8. The van der Waals surface area contributed by atoms with Gasteiger partial charge in [-0.05, 0) is 48.5 Å². The lowest BCUT2D eigenvalue weighted by Gasteiger charge is -2.37.